The van der Waals surface area contributed by atoms with Crippen LogP contribution >= 0.6 is 0 Å². The second kappa shape index (κ2) is 9.61. The Labute approximate surface area is 181 Å². The predicted molar refractivity (Wildman–Crippen MR) is 114 cm³/mol. The van der Waals surface area contributed by atoms with Crippen LogP contribution in [-0.4, -0.2) is 29.1 Å². The summed E-state index contributed by atoms with van der Waals surface area (Å²) in [5, 5.41) is 24.2. The van der Waals surface area contributed by atoms with Crippen molar-refractivity contribution in [3.63, 3.8) is 0 Å². The summed E-state index contributed by atoms with van der Waals surface area (Å²) >= 11 is 0. The summed E-state index contributed by atoms with van der Waals surface area (Å²) in [6, 6.07) is 13.0. The molecule has 0 saturated heterocycles. The number of anilines is 2. The van der Waals surface area contributed by atoms with Crippen molar-refractivity contribution in [1.82, 2.24) is 0 Å². The van der Waals surface area contributed by atoms with Crippen LogP contribution in [0.15, 0.2) is 66.2 Å². The minimum absolute atomic E-state index is 0.111. The first-order chi connectivity index (χ1) is 15.3. The highest BCUT2D eigenvalue weighted by Crippen LogP contribution is 2.37. The van der Waals surface area contributed by atoms with E-state index in [1.807, 2.05) is 0 Å². The molecule has 3 aromatic carbocycles. The van der Waals surface area contributed by atoms with Gasteiger partial charge < -0.3 is 25.6 Å². The largest absolute Gasteiger partial charge is 0.504 e. The maximum Gasteiger partial charge on any atom is 0.261 e. The van der Waals surface area contributed by atoms with E-state index in [9.17, 15) is 28.6 Å². The molecule has 0 spiro atoms. The minimum atomic E-state index is -0.990. The molecule has 3 aromatic rings. The zero-order valence-corrected chi connectivity index (χ0v) is 16.7. The number of rotatable bonds is 6. The molecule has 0 bridgehead atoms. The number of hydrogen-bond donors (Lipinski definition) is 4. The van der Waals surface area contributed by atoms with Crippen molar-refractivity contribution in [3.05, 3.63) is 83.4 Å². The lowest BCUT2D eigenvalue weighted by molar-refractivity contribution is -0.118. The number of phenolic OH excluding ortho intramolecular Hbond substituents is 2. The molecular formula is C23H18F2N2O5. The summed E-state index contributed by atoms with van der Waals surface area (Å²) in [5.41, 5.74) is -0.760. The SMILES string of the molecule is COc1cc(C=C(C(=O)Nc2ccccc2F)C(=O)Nc2ccccc2F)cc(O)c1O. The Morgan fingerprint density at radius 2 is 1.38 bits per heavy atom. The molecule has 4 N–H and O–H groups in total. The Kier molecular flexibility index (Phi) is 6.69. The molecule has 0 heterocycles. The fourth-order valence-corrected chi connectivity index (χ4v) is 2.76. The van der Waals surface area contributed by atoms with E-state index < -0.39 is 40.5 Å². The van der Waals surface area contributed by atoms with Gasteiger partial charge in [-0.2, -0.15) is 0 Å². The Morgan fingerprint density at radius 3 is 1.84 bits per heavy atom. The number of benzene rings is 3. The van der Waals surface area contributed by atoms with Gasteiger partial charge in [0.15, 0.2) is 11.5 Å². The number of amides is 2. The van der Waals surface area contributed by atoms with E-state index in [4.69, 9.17) is 4.74 Å². The summed E-state index contributed by atoms with van der Waals surface area (Å²) in [5.74, 6) is -4.63. The van der Waals surface area contributed by atoms with E-state index in [0.29, 0.717) is 0 Å². The number of hydrogen-bond acceptors (Lipinski definition) is 5. The fraction of sp³-hybridized carbons (Fsp3) is 0.0435. The highest BCUT2D eigenvalue weighted by atomic mass is 19.1. The number of ether oxygens (including phenoxy) is 1. The molecule has 0 aliphatic heterocycles. The Morgan fingerprint density at radius 1 is 0.875 bits per heavy atom. The molecule has 0 atom stereocenters. The smallest absolute Gasteiger partial charge is 0.261 e. The van der Waals surface area contributed by atoms with Gasteiger partial charge in [-0.1, -0.05) is 24.3 Å². The first-order valence-electron chi connectivity index (χ1n) is 9.23. The first-order valence-corrected chi connectivity index (χ1v) is 9.23. The number of para-hydroxylation sites is 2. The average Bonchev–Trinajstić information content (AvgIpc) is 2.77. The van der Waals surface area contributed by atoms with E-state index >= 15 is 0 Å². The van der Waals surface area contributed by atoms with E-state index in [1.165, 1.54) is 49.6 Å². The number of carbonyl (C=O) groups is 2. The van der Waals surface area contributed by atoms with Crippen molar-refractivity contribution < 1.29 is 33.3 Å². The predicted octanol–water partition coefficient (Wildman–Crippen LogP) is 4.05. The Bertz CT molecular complexity index is 1150. The van der Waals surface area contributed by atoms with E-state index in [-0.39, 0.29) is 22.7 Å². The molecule has 0 aromatic heterocycles. The monoisotopic (exact) mass is 440 g/mol. The third kappa shape index (κ3) is 5.01. The van der Waals surface area contributed by atoms with Crippen LogP contribution in [0.2, 0.25) is 0 Å². The maximum absolute atomic E-state index is 14.0. The summed E-state index contributed by atoms with van der Waals surface area (Å²) in [4.78, 5) is 25.7. The van der Waals surface area contributed by atoms with Gasteiger partial charge in [0.2, 0.25) is 5.75 Å². The van der Waals surface area contributed by atoms with E-state index in [2.05, 4.69) is 10.6 Å². The summed E-state index contributed by atoms with van der Waals surface area (Å²) < 4.78 is 32.9. The lowest BCUT2D eigenvalue weighted by Gasteiger charge is -2.12. The van der Waals surface area contributed by atoms with Crippen LogP contribution in [-0.2, 0) is 9.59 Å². The van der Waals surface area contributed by atoms with Gasteiger partial charge in [-0.3, -0.25) is 9.59 Å². The molecule has 32 heavy (non-hydrogen) atoms. The average molecular weight is 440 g/mol. The van der Waals surface area contributed by atoms with E-state index in [0.717, 1.165) is 24.3 Å². The van der Waals surface area contributed by atoms with Crippen molar-refractivity contribution in [1.29, 1.82) is 0 Å². The molecule has 7 nitrogen and oxygen atoms in total. The standard InChI is InChI=1S/C23H18F2N2O5/c1-32-20-12-13(11-19(28)21(20)29)10-14(22(30)26-17-8-4-2-6-15(17)24)23(31)27-18-9-5-3-7-16(18)25/h2-12,28-29H,1H3,(H,26,30)(H,27,31). The van der Waals surface area contributed by atoms with E-state index in [1.54, 1.807) is 0 Å². The van der Waals surface area contributed by atoms with Gasteiger partial charge in [0, 0.05) is 0 Å². The van der Waals surface area contributed by atoms with Crippen LogP contribution in [0.3, 0.4) is 0 Å². The number of nitrogens with one attached hydrogen (secondary N) is 2. The maximum atomic E-state index is 14.0. The highest BCUT2D eigenvalue weighted by Gasteiger charge is 2.22. The zero-order chi connectivity index (χ0) is 23.3. The molecule has 9 heteroatoms. The number of aromatic hydroxyl groups is 2. The lowest BCUT2D eigenvalue weighted by Crippen LogP contribution is -2.26. The molecule has 0 unspecified atom stereocenters. The van der Waals surface area contributed by atoms with Gasteiger partial charge in [0.1, 0.15) is 17.2 Å². The second-order valence-corrected chi connectivity index (χ2v) is 6.52. The lowest BCUT2D eigenvalue weighted by atomic mass is 10.1. The molecule has 0 fully saturated rings. The van der Waals surface area contributed by atoms with Crippen LogP contribution in [0.4, 0.5) is 20.2 Å². The molecule has 0 aliphatic rings. The zero-order valence-electron chi connectivity index (χ0n) is 16.7. The Hall–Kier alpha value is -4.40. The third-order valence-corrected chi connectivity index (χ3v) is 4.34. The van der Waals surface area contributed by atoms with Crippen LogP contribution in [0.1, 0.15) is 5.56 Å². The van der Waals surface area contributed by atoms with Crippen molar-refractivity contribution in [2.75, 3.05) is 17.7 Å². The molecule has 3 rings (SSSR count). The number of methoxy groups -OCH3 is 1. The molecular weight excluding hydrogens is 422 g/mol. The number of phenols is 2. The summed E-state index contributed by atoms with van der Waals surface area (Å²) in [7, 11) is 1.25. The van der Waals surface area contributed by atoms with Gasteiger partial charge in [-0.15, -0.1) is 0 Å². The fourth-order valence-electron chi connectivity index (χ4n) is 2.76. The summed E-state index contributed by atoms with van der Waals surface area (Å²) in [6.45, 7) is 0. The summed E-state index contributed by atoms with van der Waals surface area (Å²) in [6.07, 6.45) is 1.08. The number of halogens is 2. The Balaban J connectivity index is 2.02. The molecule has 164 valence electrons. The van der Waals surface area contributed by atoms with Gasteiger partial charge in [0.25, 0.3) is 11.8 Å². The quantitative estimate of drug-likeness (QED) is 0.200. The minimum Gasteiger partial charge on any atom is -0.504 e. The molecule has 0 aliphatic carbocycles. The van der Waals surface area contributed by atoms with Gasteiger partial charge in [-0.05, 0) is 48.0 Å². The normalized spacial score (nSPS) is 10.2. The highest BCUT2D eigenvalue weighted by molar-refractivity contribution is 6.28. The number of carbonyl (C=O) groups excluding carboxylic acids is 2. The molecule has 0 saturated carbocycles. The van der Waals surface area contributed by atoms with Crippen LogP contribution in [0.5, 0.6) is 17.2 Å². The van der Waals surface area contributed by atoms with Crippen molar-refractivity contribution in [3.8, 4) is 17.2 Å². The topological polar surface area (TPSA) is 108 Å². The molecule has 0 radical (unpaired) electrons. The van der Waals surface area contributed by atoms with Crippen molar-refractivity contribution >= 4 is 29.3 Å². The van der Waals surface area contributed by atoms with Crippen molar-refractivity contribution in [2.24, 2.45) is 0 Å². The van der Waals surface area contributed by atoms with Gasteiger partial charge in [-0.25, -0.2) is 8.78 Å². The first kappa shape index (κ1) is 22.3. The van der Waals surface area contributed by atoms with Crippen LogP contribution in [0, 0.1) is 11.6 Å². The third-order valence-electron chi connectivity index (χ3n) is 4.34. The van der Waals surface area contributed by atoms with Crippen molar-refractivity contribution in [2.45, 2.75) is 0 Å². The van der Waals surface area contributed by atoms with Gasteiger partial charge in [0.05, 0.1) is 18.5 Å². The molecule has 2 amide bonds. The van der Waals surface area contributed by atoms with Crippen LogP contribution in [0.25, 0.3) is 6.08 Å². The van der Waals surface area contributed by atoms with Gasteiger partial charge >= 0.3 is 0 Å². The second-order valence-electron chi connectivity index (χ2n) is 6.52. The van der Waals surface area contributed by atoms with Crippen LogP contribution < -0.4 is 15.4 Å².